The van der Waals surface area contributed by atoms with Crippen LogP contribution in [0.25, 0.3) is 0 Å². The molecule has 1 aliphatic rings. The third-order valence-electron chi connectivity index (χ3n) is 5.42. The Balaban J connectivity index is 1.56. The van der Waals surface area contributed by atoms with Crippen molar-refractivity contribution in [2.75, 3.05) is 40.3 Å². The van der Waals surface area contributed by atoms with Gasteiger partial charge in [0.1, 0.15) is 5.75 Å². The maximum atomic E-state index is 5.44. The van der Waals surface area contributed by atoms with Crippen molar-refractivity contribution >= 4 is 5.96 Å². The molecule has 2 heterocycles. The molecular formula is C22H34N6O. The molecule has 0 aliphatic carbocycles. The average molecular weight is 399 g/mol. The average Bonchev–Trinajstić information content (AvgIpc) is 3.45. The van der Waals surface area contributed by atoms with E-state index in [4.69, 9.17) is 4.74 Å². The first kappa shape index (κ1) is 21.2. The molecule has 3 rings (SSSR count). The maximum absolute atomic E-state index is 5.44. The van der Waals surface area contributed by atoms with Crippen molar-refractivity contribution in [1.82, 2.24) is 25.3 Å². The Labute approximate surface area is 174 Å². The van der Waals surface area contributed by atoms with Gasteiger partial charge in [-0.1, -0.05) is 19.1 Å². The molecule has 0 radical (unpaired) electrons. The molecule has 7 nitrogen and oxygen atoms in total. The van der Waals surface area contributed by atoms with E-state index < -0.39 is 0 Å². The lowest BCUT2D eigenvalue weighted by atomic mass is 10.1. The molecule has 1 aromatic carbocycles. The van der Waals surface area contributed by atoms with E-state index in [1.807, 2.05) is 36.3 Å². The zero-order chi connectivity index (χ0) is 20.5. The molecule has 1 aliphatic heterocycles. The number of guanidine groups is 1. The number of hydrogen-bond donors (Lipinski definition) is 2. The van der Waals surface area contributed by atoms with Crippen molar-refractivity contribution in [2.24, 2.45) is 10.9 Å². The summed E-state index contributed by atoms with van der Waals surface area (Å²) in [6.07, 6.45) is 6.34. The van der Waals surface area contributed by atoms with Crippen LogP contribution in [0.1, 0.15) is 31.4 Å². The molecule has 2 atom stereocenters. The van der Waals surface area contributed by atoms with E-state index >= 15 is 0 Å². The number of nitrogens with zero attached hydrogens (tertiary/aromatic N) is 4. The van der Waals surface area contributed by atoms with Gasteiger partial charge in [-0.15, -0.1) is 0 Å². The van der Waals surface area contributed by atoms with Gasteiger partial charge in [-0.05, 0) is 55.6 Å². The van der Waals surface area contributed by atoms with E-state index in [1.165, 1.54) is 18.4 Å². The van der Waals surface area contributed by atoms with Crippen molar-refractivity contribution in [3.8, 4) is 5.75 Å². The first-order chi connectivity index (χ1) is 14.2. The zero-order valence-electron chi connectivity index (χ0n) is 17.8. The fourth-order valence-corrected chi connectivity index (χ4v) is 3.84. The minimum atomic E-state index is 0.299. The molecule has 2 unspecified atom stereocenters. The SMILES string of the molecule is CN=C(NCC(C)Cn1cccn1)NCC(c1cccc(OC)c1)N1CCCC1. The Kier molecular flexibility index (Phi) is 7.93. The number of nitrogens with one attached hydrogen (secondary N) is 2. The summed E-state index contributed by atoms with van der Waals surface area (Å²) in [5.74, 6) is 2.19. The lowest BCUT2D eigenvalue weighted by Gasteiger charge is -2.29. The number of aromatic nitrogens is 2. The molecule has 158 valence electrons. The molecule has 1 saturated heterocycles. The molecule has 0 spiro atoms. The van der Waals surface area contributed by atoms with E-state index in [0.717, 1.165) is 44.4 Å². The highest BCUT2D eigenvalue weighted by atomic mass is 16.5. The topological polar surface area (TPSA) is 66.7 Å². The van der Waals surface area contributed by atoms with Crippen LogP contribution in [0.3, 0.4) is 0 Å². The molecule has 2 N–H and O–H groups in total. The quantitative estimate of drug-likeness (QED) is 0.502. The smallest absolute Gasteiger partial charge is 0.191 e. The van der Waals surface area contributed by atoms with Crippen LogP contribution in [-0.4, -0.2) is 61.0 Å². The Bertz CT molecular complexity index is 754. The van der Waals surface area contributed by atoms with E-state index in [2.05, 4.69) is 50.7 Å². The number of rotatable bonds is 9. The van der Waals surface area contributed by atoms with E-state index in [1.54, 1.807) is 7.11 Å². The second-order valence-electron chi connectivity index (χ2n) is 7.70. The number of ether oxygens (including phenoxy) is 1. The van der Waals surface area contributed by atoms with Crippen LogP contribution < -0.4 is 15.4 Å². The van der Waals surface area contributed by atoms with Crippen molar-refractivity contribution in [3.05, 3.63) is 48.3 Å². The minimum absolute atomic E-state index is 0.299. The lowest BCUT2D eigenvalue weighted by Crippen LogP contribution is -2.44. The fourth-order valence-electron chi connectivity index (χ4n) is 3.84. The first-order valence-electron chi connectivity index (χ1n) is 10.5. The van der Waals surface area contributed by atoms with Gasteiger partial charge in [0, 0.05) is 39.1 Å². The zero-order valence-corrected chi connectivity index (χ0v) is 17.8. The van der Waals surface area contributed by atoms with Crippen LogP contribution in [-0.2, 0) is 6.54 Å². The molecule has 0 bridgehead atoms. The van der Waals surface area contributed by atoms with Gasteiger partial charge in [0.15, 0.2) is 5.96 Å². The van der Waals surface area contributed by atoms with Crippen molar-refractivity contribution in [3.63, 3.8) is 0 Å². The molecule has 1 fully saturated rings. The fraction of sp³-hybridized carbons (Fsp3) is 0.545. The molecule has 1 aromatic heterocycles. The number of hydrogen-bond acceptors (Lipinski definition) is 4. The monoisotopic (exact) mass is 398 g/mol. The van der Waals surface area contributed by atoms with Crippen molar-refractivity contribution < 1.29 is 4.74 Å². The summed E-state index contributed by atoms with van der Waals surface area (Å²) >= 11 is 0. The maximum Gasteiger partial charge on any atom is 0.191 e. The summed E-state index contributed by atoms with van der Waals surface area (Å²) in [7, 11) is 3.54. The van der Waals surface area contributed by atoms with Gasteiger partial charge in [0.25, 0.3) is 0 Å². The van der Waals surface area contributed by atoms with E-state index in [9.17, 15) is 0 Å². The molecule has 0 amide bonds. The Morgan fingerprint density at radius 3 is 2.69 bits per heavy atom. The van der Waals surface area contributed by atoms with Crippen molar-refractivity contribution in [1.29, 1.82) is 0 Å². The Morgan fingerprint density at radius 1 is 1.21 bits per heavy atom. The lowest BCUT2D eigenvalue weighted by molar-refractivity contribution is 0.245. The van der Waals surface area contributed by atoms with E-state index in [-0.39, 0.29) is 0 Å². The predicted molar refractivity (Wildman–Crippen MR) is 117 cm³/mol. The highest BCUT2D eigenvalue weighted by Gasteiger charge is 2.24. The number of benzene rings is 1. The van der Waals surface area contributed by atoms with Gasteiger partial charge < -0.3 is 15.4 Å². The van der Waals surface area contributed by atoms with Gasteiger partial charge in [0.05, 0.1) is 13.2 Å². The standard InChI is InChI=1S/C22H34N6O/c1-18(17-28-13-7-10-26-28)15-24-22(23-2)25-16-21(27-11-4-5-12-27)19-8-6-9-20(14-19)29-3/h6-10,13-14,18,21H,4-5,11-12,15-17H2,1-3H3,(H2,23,24,25). The largest absolute Gasteiger partial charge is 0.497 e. The van der Waals surface area contributed by atoms with Gasteiger partial charge in [-0.3, -0.25) is 14.6 Å². The van der Waals surface area contributed by atoms with Gasteiger partial charge in [0.2, 0.25) is 0 Å². The summed E-state index contributed by atoms with van der Waals surface area (Å²) in [5, 5.41) is 11.3. The number of likely N-dealkylation sites (tertiary alicyclic amines) is 1. The third kappa shape index (κ3) is 6.22. The number of aliphatic imine (C=N–C) groups is 1. The third-order valence-corrected chi connectivity index (χ3v) is 5.42. The summed E-state index contributed by atoms with van der Waals surface area (Å²) in [6.45, 7) is 7.02. The summed E-state index contributed by atoms with van der Waals surface area (Å²) in [6, 6.07) is 10.7. The van der Waals surface area contributed by atoms with Gasteiger partial charge >= 0.3 is 0 Å². The second kappa shape index (κ2) is 10.9. The number of methoxy groups -OCH3 is 1. The van der Waals surface area contributed by atoms with Crippen LogP contribution in [0.2, 0.25) is 0 Å². The molecule has 29 heavy (non-hydrogen) atoms. The van der Waals surface area contributed by atoms with Crippen molar-refractivity contribution in [2.45, 2.75) is 32.4 Å². The Morgan fingerprint density at radius 2 is 2.00 bits per heavy atom. The predicted octanol–water partition coefficient (Wildman–Crippen LogP) is 2.53. The highest BCUT2D eigenvalue weighted by Crippen LogP contribution is 2.27. The summed E-state index contributed by atoms with van der Waals surface area (Å²) in [4.78, 5) is 6.96. The second-order valence-corrected chi connectivity index (χ2v) is 7.70. The Hall–Kier alpha value is -2.54. The molecule has 0 saturated carbocycles. The van der Waals surface area contributed by atoms with Crippen LogP contribution >= 0.6 is 0 Å². The van der Waals surface area contributed by atoms with E-state index in [0.29, 0.717) is 12.0 Å². The van der Waals surface area contributed by atoms with Crippen LogP contribution in [0.4, 0.5) is 0 Å². The molecule has 7 heteroatoms. The van der Waals surface area contributed by atoms with Crippen LogP contribution in [0.15, 0.2) is 47.7 Å². The normalized spacial score (nSPS) is 17.1. The van der Waals surface area contributed by atoms with Crippen LogP contribution in [0.5, 0.6) is 5.75 Å². The molecular weight excluding hydrogens is 364 g/mol. The first-order valence-corrected chi connectivity index (χ1v) is 10.5. The van der Waals surface area contributed by atoms with Gasteiger partial charge in [-0.25, -0.2) is 0 Å². The summed E-state index contributed by atoms with van der Waals surface area (Å²) < 4.78 is 7.41. The molecule has 2 aromatic rings. The van der Waals surface area contributed by atoms with Crippen LogP contribution in [0, 0.1) is 5.92 Å². The van der Waals surface area contributed by atoms with Gasteiger partial charge in [-0.2, -0.15) is 5.10 Å². The minimum Gasteiger partial charge on any atom is -0.497 e. The highest BCUT2D eigenvalue weighted by molar-refractivity contribution is 5.79. The summed E-state index contributed by atoms with van der Waals surface area (Å²) in [5.41, 5.74) is 1.28.